The molecule has 1 aliphatic rings. The molecule has 1 aliphatic heterocycles. The highest BCUT2D eigenvalue weighted by atomic mass is 35.5. The zero-order valence-corrected chi connectivity index (χ0v) is 12.0. The first-order valence-electron chi connectivity index (χ1n) is 6.29. The van der Waals surface area contributed by atoms with Crippen molar-refractivity contribution in [2.45, 2.75) is 18.6 Å². The predicted molar refractivity (Wildman–Crippen MR) is 73.7 cm³/mol. The second kappa shape index (κ2) is 6.98. The molecule has 1 aromatic heterocycles. The molecule has 0 aromatic carbocycles. The van der Waals surface area contributed by atoms with Crippen LogP contribution in [0.1, 0.15) is 6.42 Å². The fraction of sp³-hybridized carbons (Fsp3) is 0.727. The van der Waals surface area contributed by atoms with E-state index < -0.39 is 6.10 Å². The summed E-state index contributed by atoms with van der Waals surface area (Å²) in [4.78, 5) is 6.01. The summed E-state index contributed by atoms with van der Waals surface area (Å²) in [6.07, 6.45) is 0.228. The smallest absolute Gasteiger partial charge is 0.247 e. The quantitative estimate of drug-likeness (QED) is 0.738. The van der Waals surface area contributed by atoms with Crippen molar-refractivity contribution >= 4 is 23.4 Å². The van der Waals surface area contributed by atoms with Crippen molar-refractivity contribution in [3.05, 3.63) is 5.15 Å². The molecule has 112 valence electrons. The number of nitrogens with zero attached hydrogens (tertiary/aromatic N) is 4. The highest BCUT2D eigenvalue weighted by Crippen LogP contribution is 2.20. The second-order valence-electron chi connectivity index (χ2n) is 4.59. The van der Waals surface area contributed by atoms with Crippen LogP contribution in [-0.2, 0) is 9.47 Å². The maximum absolute atomic E-state index is 9.53. The molecule has 2 unspecified atom stereocenters. The molecule has 0 amide bonds. The fourth-order valence-electron chi connectivity index (χ4n) is 1.98. The van der Waals surface area contributed by atoms with E-state index >= 15 is 0 Å². The lowest BCUT2D eigenvalue weighted by Gasteiger charge is -2.17. The van der Waals surface area contributed by atoms with E-state index in [2.05, 4.69) is 15.2 Å². The lowest BCUT2D eigenvalue weighted by atomic mass is 10.3. The minimum Gasteiger partial charge on any atom is -0.388 e. The van der Waals surface area contributed by atoms with Gasteiger partial charge in [-0.2, -0.15) is 4.98 Å². The van der Waals surface area contributed by atoms with Crippen molar-refractivity contribution in [1.29, 1.82) is 0 Å². The van der Waals surface area contributed by atoms with E-state index in [0.29, 0.717) is 12.5 Å². The average molecular weight is 304 g/mol. The third-order valence-electron chi connectivity index (χ3n) is 2.97. The third kappa shape index (κ3) is 3.89. The van der Waals surface area contributed by atoms with Gasteiger partial charge in [0.1, 0.15) is 6.10 Å². The molecule has 20 heavy (non-hydrogen) atoms. The van der Waals surface area contributed by atoms with Gasteiger partial charge in [-0.05, 0) is 6.42 Å². The highest BCUT2D eigenvalue weighted by Gasteiger charge is 2.26. The van der Waals surface area contributed by atoms with Crippen LogP contribution >= 0.6 is 11.6 Å². The van der Waals surface area contributed by atoms with E-state index in [4.69, 9.17) is 26.8 Å². The molecule has 2 rings (SSSR count). The molecule has 0 aliphatic carbocycles. The Bertz CT molecular complexity index is 450. The van der Waals surface area contributed by atoms with Crippen LogP contribution in [-0.4, -0.2) is 65.9 Å². The van der Waals surface area contributed by atoms with Gasteiger partial charge in [-0.15, -0.1) is 10.2 Å². The van der Waals surface area contributed by atoms with Gasteiger partial charge in [-0.3, -0.25) is 0 Å². The molecule has 2 heterocycles. The summed E-state index contributed by atoms with van der Waals surface area (Å²) in [6.45, 7) is 1.88. The summed E-state index contributed by atoms with van der Waals surface area (Å²) in [7, 11) is 1.54. The standard InChI is InChI=1S/C11H18ClN5O3/c1-19-5-7(18)6-20-8-2-3-17(4-8)11-14-10(13)9(12)15-16-11/h7-8,18H,2-6H2,1H3,(H2,13,14,16). The van der Waals surface area contributed by atoms with Gasteiger partial charge in [0.2, 0.25) is 5.95 Å². The van der Waals surface area contributed by atoms with Crippen LogP contribution in [0.15, 0.2) is 0 Å². The lowest BCUT2D eigenvalue weighted by Crippen LogP contribution is -2.28. The molecule has 0 spiro atoms. The van der Waals surface area contributed by atoms with E-state index in [1.54, 1.807) is 0 Å². The Balaban J connectivity index is 1.84. The number of aliphatic hydroxyl groups excluding tert-OH is 1. The van der Waals surface area contributed by atoms with Gasteiger partial charge in [-0.25, -0.2) is 0 Å². The maximum Gasteiger partial charge on any atom is 0.247 e. The molecule has 1 aromatic rings. The first kappa shape index (κ1) is 15.2. The van der Waals surface area contributed by atoms with Gasteiger partial charge < -0.3 is 25.2 Å². The van der Waals surface area contributed by atoms with Gasteiger partial charge in [-0.1, -0.05) is 11.6 Å². The van der Waals surface area contributed by atoms with E-state index in [1.807, 2.05) is 4.90 Å². The minimum atomic E-state index is -0.613. The van der Waals surface area contributed by atoms with Crippen molar-refractivity contribution in [3.8, 4) is 0 Å². The number of rotatable bonds is 6. The van der Waals surface area contributed by atoms with Crippen molar-refractivity contribution in [2.24, 2.45) is 0 Å². The van der Waals surface area contributed by atoms with E-state index in [1.165, 1.54) is 7.11 Å². The number of aliphatic hydroxyl groups is 1. The summed E-state index contributed by atoms with van der Waals surface area (Å²) >= 11 is 5.69. The number of halogens is 1. The Labute approximate surface area is 121 Å². The number of ether oxygens (including phenoxy) is 2. The maximum atomic E-state index is 9.53. The van der Waals surface area contributed by atoms with Gasteiger partial charge in [0, 0.05) is 20.2 Å². The zero-order valence-electron chi connectivity index (χ0n) is 11.2. The van der Waals surface area contributed by atoms with E-state index in [-0.39, 0.29) is 30.3 Å². The van der Waals surface area contributed by atoms with Gasteiger partial charge in [0.25, 0.3) is 0 Å². The van der Waals surface area contributed by atoms with Gasteiger partial charge in [0.05, 0.1) is 19.3 Å². The minimum absolute atomic E-state index is 0.0157. The van der Waals surface area contributed by atoms with E-state index in [0.717, 1.165) is 13.0 Å². The molecule has 8 nitrogen and oxygen atoms in total. The molecule has 3 N–H and O–H groups in total. The van der Waals surface area contributed by atoms with Crippen LogP contribution in [0, 0.1) is 0 Å². The second-order valence-corrected chi connectivity index (χ2v) is 4.95. The molecule has 9 heteroatoms. The van der Waals surface area contributed by atoms with Crippen LogP contribution in [0.2, 0.25) is 5.15 Å². The number of hydrogen-bond acceptors (Lipinski definition) is 8. The average Bonchev–Trinajstić information content (AvgIpc) is 2.89. The number of hydrogen-bond donors (Lipinski definition) is 2. The van der Waals surface area contributed by atoms with Crippen LogP contribution in [0.5, 0.6) is 0 Å². The monoisotopic (exact) mass is 303 g/mol. The summed E-state index contributed by atoms with van der Waals surface area (Å²) in [6, 6.07) is 0. The zero-order chi connectivity index (χ0) is 14.5. The summed E-state index contributed by atoms with van der Waals surface area (Å²) in [5.41, 5.74) is 5.60. The van der Waals surface area contributed by atoms with Gasteiger partial charge in [0.15, 0.2) is 11.0 Å². The topological polar surface area (TPSA) is 107 Å². The van der Waals surface area contributed by atoms with Crippen LogP contribution in [0.4, 0.5) is 11.8 Å². The SMILES string of the molecule is COCC(O)COC1CCN(c2nnc(Cl)c(N)n2)C1. The normalized spacial score (nSPS) is 20.4. The number of methoxy groups -OCH3 is 1. The molecule has 0 saturated carbocycles. The number of nitrogens with two attached hydrogens (primary N) is 1. The van der Waals surface area contributed by atoms with Crippen molar-refractivity contribution in [1.82, 2.24) is 15.2 Å². The first-order valence-corrected chi connectivity index (χ1v) is 6.67. The van der Waals surface area contributed by atoms with Gasteiger partial charge >= 0.3 is 0 Å². The molecule has 0 bridgehead atoms. The Morgan fingerprint density at radius 1 is 1.50 bits per heavy atom. The molecular weight excluding hydrogens is 286 g/mol. The fourth-order valence-corrected chi connectivity index (χ4v) is 2.06. The predicted octanol–water partition coefficient (Wildman–Crippen LogP) is -0.290. The lowest BCUT2D eigenvalue weighted by molar-refractivity contribution is -0.0298. The molecule has 0 radical (unpaired) electrons. The Morgan fingerprint density at radius 2 is 2.30 bits per heavy atom. The molecule has 2 atom stereocenters. The summed E-state index contributed by atoms with van der Waals surface area (Å²) < 4.78 is 10.5. The first-order chi connectivity index (χ1) is 9.60. The number of aromatic nitrogens is 3. The van der Waals surface area contributed by atoms with Crippen LogP contribution in [0.25, 0.3) is 0 Å². The van der Waals surface area contributed by atoms with Crippen molar-refractivity contribution in [3.63, 3.8) is 0 Å². The molecular formula is C11H18ClN5O3. The largest absolute Gasteiger partial charge is 0.388 e. The van der Waals surface area contributed by atoms with Crippen molar-refractivity contribution < 1.29 is 14.6 Å². The Morgan fingerprint density at radius 3 is 3.00 bits per heavy atom. The Kier molecular flexibility index (Phi) is 5.30. The number of anilines is 2. The highest BCUT2D eigenvalue weighted by molar-refractivity contribution is 6.31. The van der Waals surface area contributed by atoms with Crippen LogP contribution in [0.3, 0.4) is 0 Å². The van der Waals surface area contributed by atoms with E-state index in [9.17, 15) is 5.11 Å². The number of nitrogen functional groups attached to an aromatic ring is 1. The molecule has 1 fully saturated rings. The van der Waals surface area contributed by atoms with Crippen LogP contribution < -0.4 is 10.6 Å². The third-order valence-corrected chi connectivity index (χ3v) is 3.24. The molecule has 1 saturated heterocycles. The Hall–Kier alpha value is -1.22. The van der Waals surface area contributed by atoms with Crippen molar-refractivity contribution in [2.75, 3.05) is 44.0 Å². The summed E-state index contributed by atoms with van der Waals surface area (Å²) in [5.74, 6) is 0.604. The summed E-state index contributed by atoms with van der Waals surface area (Å²) in [5, 5.41) is 17.3.